The molecule has 0 saturated carbocycles. The first-order valence-corrected chi connectivity index (χ1v) is 5.28. The molecule has 0 aromatic rings. The third-order valence-electron chi connectivity index (χ3n) is 1.72. The Labute approximate surface area is 68.2 Å². The molecule has 0 heterocycles. The Morgan fingerprint density at radius 3 is 2.40 bits per heavy atom. The lowest BCUT2D eigenvalue weighted by Gasteiger charge is -2.17. The van der Waals surface area contributed by atoms with Crippen LogP contribution in [0.5, 0.6) is 0 Å². The number of aliphatic hydroxyl groups excluding tert-OH is 1. The van der Waals surface area contributed by atoms with Crippen LogP contribution in [0.25, 0.3) is 0 Å². The van der Waals surface area contributed by atoms with E-state index in [1.807, 2.05) is 18.7 Å². The summed E-state index contributed by atoms with van der Waals surface area (Å²) in [6, 6.07) is 0. The lowest BCUT2D eigenvalue weighted by molar-refractivity contribution is 0.132. The third-order valence-corrected chi connectivity index (χ3v) is 2.48. The van der Waals surface area contributed by atoms with Crippen molar-refractivity contribution in [1.29, 1.82) is 0 Å². The molecule has 2 unspecified atom stereocenters. The van der Waals surface area contributed by atoms with Crippen molar-refractivity contribution in [1.82, 2.24) is 0 Å². The molecule has 2 heteroatoms. The molecule has 0 aromatic heterocycles. The van der Waals surface area contributed by atoms with Crippen LogP contribution in [0.15, 0.2) is 0 Å². The van der Waals surface area contributed by atoms with Crippen LogP contribution in [0, 0.1) is 5.92 Å². The van der Waals surface area contributed by atoms with Gasteiger partial charge in [-0.15, -0.1) is 0 Å². The van der Waals surface area contributed by atoms with Gasteiger partial charge in [-0.1, -0.05) is 13.3 Å². The zero-order valence-corrected chi connectivity index (χ0v) is 7.95. The number of rotatable bonds is 5. The molecule has 0 spiro atoms. The van der Waals surface area contributed by atoms with E-state index in [1.165, 1.54) is 6.42 Å². The average molecular weight is 162 g/mol. The van der Waals surface area contributed by atoms with E-state index in [9.17, 15) is 5.11 Å². The molecule has 2 atom stereocenters. The fourth-order valence-corrected chi connectivity index (χ4v) is 1.92. The largest absolute Gasteiger partial charge is 0.393 e. The highest BCUT2D eigenvalue weighted by molar-refractivity contribution is 7.98. The highest BCUT2D eigenvalue weighted by atomic mass is 32.2. The van der Waals surface area contributed by atoms with Gasteiger partial charge in [0.25, 0.3) is 0 Å². The summed E-state index contributed by atoms with van der Waals surface area (Å²) in [6.07, 6.45) is 4.28. The summed E-state index contributed by atoms with van der Waals surface area (Å²) in [5, 5.41) is 9.26. The maximum atomic E-state index is 9.26. The standard InChI is InChI=1S/C8H18OS/c1-4-5-8(6-10-3)7(2)9/h7-9H,4-6H2,1-3H3. The lowest BCUT2D eigenvalue weighted by Crippen LogP contribution is -2.18. The second-order valence-corrected chi connectivity index (χ2v) is 3.66. The minimum Gasteiger partial charge on any atom is -0.393 e. The highest BCUT2D eigenvalue weighted by Gasteiger charge is 2.12. The van der Waals surface area contributed by atoms with E-state index >= 15 is 0 Å². The Bertz CT molecular complexity index is 67.7. The minimum atomic E-state index is -0.132. The van der Waals surface area contributed by atoms with Crippen molar-refractivity contribution in [2.45, 2.75) is 32.8 Å². The first kappa shape index (κ1) is 10.3. The Hall–Kier alpha value is 0.310. The van der Waals surface area contributed by atoms with Gasteiger partial charge in [0.1, 0.15) is 0 Å². The van der Waals surface area contributed by atoms with E-state index in [1.54, 1.807) is 0 Å². The molecule has 10 heavy (non-hydrogen) atoms. The summed E-state index contributed by atoms with van der Waals surface area (Å²) in [6.45, 7) is 4.05. The topological polar surface area (TPSA) is 20.2 Å². The zero-order valence-electron chi connectivity index (χ0n) is 7.13. The molecule has 0 aliphatic carbocycles. The van der Waals surface area contributed by atoms with Crippen molar-refractivity contribution < 1.29 is 5.11 Å². The number of aliphatic hydroxyl groups is 1. The van der Waals surface area contributed by atoms with Crippen LogP contribution in [0.4, 0.5) is 0 Å². The van der Waals surface area contributed by atoms with E-state index in [4.69, 9.17) is 0 Å². The lowest BCUT2D eigenvalue weighted by atomic mass is 10.0. The summed E-state index contributed by atoms with van der Waals surface area (Å²) in [5.74, 6) is 1.59. The van der Waals surface area contributed by atoms with Crippen LogP contribution < -0.4 is 0 Å². The molecule has 1 N–H and O–H groups in total. The van der Waals surface area contributed by atoms with Crippen molar-refractivity contribution in [2.75, 3.05) is 12.0 Å². The summed E-state index contributed by atoms with van der Waals surface area (Å²) in [5.41, 5.74) is 0. The third kappa shape index (κ3) is 4.18. The van der Waals surface area contributed by atoms with E-state index in [0.717, 1.165) is 12.2 Å². The summed E-state index contributed by atoms with van der Waals surface area (Å²) < 4.78 is 0. The van der Waals surface area contributed by atoms with Gasteiger partial charge in [0.2, 0.25) is 0 Å². The first-order valence-electron chi connectivity index (χ1n) is 3.89. The van der Waals surface area contributed by atoms with E-state index in [-0.39, 0.29) is 6.10 Å². The molecule has 0 amide bonds. The van der Waals surface area contributed by atoms with Crippen molar-refractivity contribution >= 4 is 11.8 Å². The predicted molar refractivity (Wildman–Crippen MR) is 48.5 cm³/mol. The molecule has 0 aliphatic rings. The predicted octanol–water partition coefficient (Wildman–Crippen LogP) is 2.15. The van der Waals surface area contributed by atoms with Crippen molar-refractivity contribution in [3.63, 3.8) is 0 Å². The average Bonchev–Trinajstić information content (AvgIpc) is 1.87. The smallest absolute Gasteiger partial charge is 0.0548 e. The van der Waals surface area contributed by atoms with Gasteiger partial charge in [-0.25, -0.2) is 0 Å². The molecule has 0 saturated heterocycles. The van der Waals surface area contributed by atoms with Gasteiger partial charge in [0.15, 0.2) is 0 Å². The fraction of sp³-hybridized carbons (Fsp3) is 1.00. The second kappa shape index (κ2) is 6.05. The molecule has 0 aromatic carbocycles. The van der Waals surface area contributed by atoms with Gasteiger partial charge >= 0.3 is 0 Å². The Kier molecular flexibility index (Phi) is 6.24. The molecule has 0 rings (SSSR count). The quantitative estimate of drug-likeness (QED) is 0.668. The van der Waals surface area contributed by atoms with Crippen molar-refractivity contribution in [2.24, 2.45) is 5.92 Å². The molecule has 62 valence electrons. The Morgan fingerprint density at radius 1 is 1.50 bits per heavy atom. The monoisotopic (exact) mass is 162 g/mol. The van der Waals surface area contributed by atoms with E-state index in [0.29, 0.717) is 5.92 Å². The highest BCUT2D eigenvalue weighted by Crippen LogP contribution is 2.15. The number of thioether (sulfide) groups is 1. The normalized spacial score (nSPS) is 16.8. The van der Waals surface area contributed by atoms with Gasteiger partial charge in [-0.2, -0.15) is 11.8 Å². The van der Waals surface area contributed by atoms with Crippen molar-refractivity contribution in [3.05, 3.63) is 0 Å². The molecule has 1 nitrogen and oxygen atoms in total. The molecular weight excluding hydrogens is 144 g/mol. The van der Waals surface area contributed by atoms with E-state index in [2.05, 4.69) is 13.2 Å². The van der Waals surface area contributed by atoms with Gasteiger partial charge < -0.3 is 5.11 Å². The summed E-state index contributed by atoms with van der Waals surface area (Å²) >= 11 is 1.82. The zero-order chi connectivity index (χ0) is 7.98. The molecule has 0 fully saturated rings. The maximum absolute atomic E-state index is 9.26. The van der Waals surface area contributed by atoms with Gasteiger partial charge in [-0.05, 0) is 31.3 Å². The fourth-order valence-electron chi connectivity index (χ4n) is 1.05. The minimum absolute atomic E-state index is 0.132. The second-order valence-electron chi connectivity index (χ2n) is 2.74. The maximum Gasteiger partial charge on any atom is 0.0548 e. The summed E-state index contributed by atoms with van der Waals surface area (Å²) in [4.78, 5) is 0. The molecule has 0 aliphatic heterocycles. The van der Waals surface area contributed by atoms with Gasteiger partial charge in [-0.3, -0.25) is 0 Å². The van der Waals surface area contributed by atoms with Crippen LogP contribution in [0.1, 0.15) is 26.7 Å². The van der Waals surface area contributed by atoms with Crippen molar-refractivity contribution in [3.8, 4) is 0 Å². The Balaban J connectivity index is 3.50. The Morgan fingerprint density at radius 2 is 2.10 bits per heavy atom. The SMILES string of the molecule is CCCC(CSC)C(C)O. The van der Waals surface area contributed by atoms with Crippen LogP contribution in [-0.4, -0.2) is 23.2 Å². The molecular formula is C8H18OS. The van der Waals surface area contributed by atoms with Crippen LogP contribution in [0.2, 0.25) is 0 Å². The molecule has 0 radical (unpaired) electrons. The van der Waals surface area contributed by atoms with Crippen LogP contribution >= 0.6 is 11.8 Å². The molecule has 0 bridgehead atoms. The first-order chi connectivity index (χ1) is 4.72. The summed E-state index contributed by atoms with van der Waals surface area (Å²) in [7, 11) is 0. The number of hydrogen-bond donors (Lipinski definition) is 1. The van der Waals surface area contributed by atoms with Gasteiger partial charge in [0.05, 0.1) is 6.10 Å². The number of hydrogen-bond acceptors (Lipinski definition) is 2. The van der Waals surface area contributed by atoms with Crippen LogP contribution in [-0.2, 0) is 0 Å². The van der Waals surface area contributed by atoms with Gasteiger partial charge in [0, 0.05) is 0 Å². The van der Waals surface area contributed by atoms with Crippen LogP contribution in [0.3, 0.4) is 0 Å². The van der Waals surface area contributed by atoms with E-state index < -0.39 is 0 Å².